The number of aryl methyl sites for hydroxylation is 2. The summed E-state index contributed by atoms with van der Waals surface area (Å²) in [5.41, 5.74) is 0.670. The van der Waals surface area contributed by atoms with E-state index >= 15 is 0 Å². The molecule has 3 heterocycles. The van der Waals surface area contributed by atoms with Crippen LogP contribution in [0.3, 0.4) is 0 Å². The van der Waals surface area contributed by atoms with E-state index in [-0.39, 0.29) is 12.1 Å². The summed E-state index contributed by atoms with van der Waals surface area (Å²) in [6, 6.07) is 3.40. The second kappa shape index (κ2) is 5.61. The molecule has 0 bridgehead atoms. The Morgan fingerprint density at radius 1 is 1.48 bits per heavy atom. The molecular weight excluding hydrogens is 272 g/mol. The average molecular weight is 290 g/mol. The standard InChI is InChI=1S/C14H18N4O3/c1-10-3-4-13(21-10)12-9-20-6-5-18(12)14(19)16-11-7-15-17(2)8-11/h3-4,7-8,12H,5-6,9H2,1-2H3,(H,16,19)/t12-/m0/s1. The van der Waals surface area contributed by atoms with Crippen LogP contribution in [0.1, 0.15) is 17.6 Å². The van der Waals surface area contributed by atoms with Gasteiger partial charge < -0.3 is 19.4 Å². The van der Waals surface area contributed by atoms with Crippen molar-refractivity contribution in [1.29, 1.82) is 0 Å². The lowest BCUT2D eigenvalue weighted by Gasteiger charge is -2.34. The minimum absolute atomic E-state index is 0.176. The quantitative estimate of drug-likeness (QED) is 0.917. The highest BCUT2D eigenvalue weighted by Crippen LogP contribution is 2.26. The monoisotopic (exact) mass is 290 g/mol. The van der Waals surface area contributed by atoms with Gasteiger partial charge >= 0.3 is 6.03 Å². The van der Waals surface area contributed by atoms with Crippen LogP contribution in [0.15, 0.2) is 28.9 Å². The Morgan fingerprint density at radius 3 is 3.00 bits per heavy atom. The molecule has 21 heavy (non-hydrogen) atoms. The Morgan fingerprint density at radius 2 is 2.33 bits per heavy atom. The summed E-state index contributed by atoms with van der Waals surface area (Å²) in [5.74, 6) is 1.57. The van der Waals surface area contributed by atoms with Crippen LogP contribution in [-0.4, -0.2) is 40.5 Å². The average Bonchev–Trinajstić information content (AvgIpc) is 3.07. The number of nitrogens with zero attached hydrogens (tertiary/aromatic N) is 3. The zero-order chi connectivity index (χ0) is 14.8. The van der Waals surface area contributed by atoms with E-state index in [4.69, 9.17) is 9.15 Å². The molecule has 0 spiro atoms. The van der Waals surface area contributed by atoms with Crippen molar-refractivity contribution in [3.8, 4) is 0 Å². The van der Waals surface area contributed by atoms with Gasteiger partial charge in [0.2, 0.25) is 0 Å². The van der Waals surface area contributed by atoms with E-state index in [1.54, 1.807) is 29.0 Å². The van der Waals surface area contributed by atoms with Crippen LogP contribution in [0.4, 0.5) is 10.5 Å². The number of hydrogen-bond donors (Lipinski definition) is 1. The molecule has 1 aliphatic rings. The fourth-order valence-corrected chi connectivity index (χ4v) is 2.40. The minimum atomic E-state index is -0.205. The van der Waals surface area contributed by atoms with Gasteiger partial charge in [-0.3, -0.25) is 4.68 Å². The van der Waals surface area contributed by atoms with Gasteiger partial charge in [0, 0.05) is 19.8 Å². The maximum Gasteiger partial charge on any atom is 0.322 e. The van der Waals surface area contributed by atoms with Gasteiger partial charge in [-0.05, 0) is 19.1 Å². The van der Waals surface area contributed by atoms with Crippen LogP contribution in [-0.2, 0) is 11.8 Å². The van der Waals surface area contributed by atoms with Crippen molar-refractivity contribution >= 4 is 11.7 Å². The van der Waals surface area contributed by atoms with Gasteiger partial charge in [0.15, 0.2) is 0 Å². The lowest BCUT2D eigenvalue weighted by Crippen LogP contribution is -2.45. The van der Waals surface area contributed by atoms with Crippen molar-refractivity contribution in [2.24, 2.45) is 7.05 Å². The summed E-state index contributed by atoms with van der Waals surface area (Å²) in [4.78, 5) is 14.2. The number of ether oxygens (including phenoxy) is 1. The number of furan rings is 1. The SMILES string of the molecule is Cc1ccc([C@@H]2COCCN2C(=O)Nc2cnn(C)c2)o1. The van der Waals surface area contributed by atoms with Gasteiger partial charge in [0.25, 0.3) is 0 Å². The summed E-state index contributed by atoms with van der Waals surface area (Å²) in [6.07, 6.45) is 3.37. The highest BCUT2D eigenvalue weighted by Gasteiger charge is 2.31. The number of carbonyl (C=O) groups is 1. The molecule has 2 aromatic heterocycles. The molecule has 112 valence electrons. The summed E-state index contributed by atoms with van der Waals surface area (Å²) >= 11 is 0. The van der Waals surface area contributed by atoms with Gasteiger partial charge in [-0.25, -0.2) is 4.79 Å². The molecule has 1 fully saturated rings. The van der Waals surface area contributed by atoms with E-state index in [2.05, 4.69) is 10.4 Å². The van der Waals surface area contributed by atoms with E-state index in [1.807, 2.05) is 19.1 Å². The van der Waals surface area contributed by atoms with Crippen LogP contribution < -0.4 is 5.32 Å². The summed E-state index contributed by atoms with van der Waals surface area (Å²) in [5, 5.41) is 6.88. The number of carbonyl (C=O) groups excluding carboxylic acids is 1. The second-order valence-electron chi connectivity index (χ2n) is 5.07. The van der Waals surface area contributed by atoms with E-state index < -0.39 is 0 Å². The molecule has 7 nitrogen and oxygen atoms in total. The maximum absolute atomic E-state index is 12.4. The van der Waals surface area contributed by atoms with Crippen molar-refractivity contribution in [3.05, 3.63) is 36.0 Å². The Bertz CT molecular complexity index is 634. The normalized spacial score (nSPS) is 18.8. The smallest absolute Gasteiger partial charge is 0.322 e. The van der Waals surface area contributed by atoms with E-state index in [0.717, 1.165) is 11.5 Å². The van der Waals surface area contributed by atoms with Gasteiger partial charge in [-0.2, -0.15) is 5.10 Å². The highest BCUT2D eigenvalue weighted by atomic mass is 16.5. The first-order chi connectivity index (χ1) is 10.1. The third-order valence-electron chi connectivity index (χ3n) is 3.44. The minimum Gasteiger partial charge on any atom is -0.464 e. The number of morpholine rings is 1. The van der Waals surface area contributed by atoms with E-state index in [0.29, 0.717) is 25.4 Å². The molecular formula is C14H18N4O3. The fourth-order valence-electron chi connectivity index (χ4n) is 2.40. The Balaban J connectivity index is 1.75. The largest absolute Gasteiger partial charge is 0.464 e. The molecule has 0 unspecified atom stereocenters. The van der Waals surface area contributed by atoms with E-state index in [1.165, 1.54) is 0 Å². The van der Waals surface area contributed by atoms with Gasteiger partial charge in [-0.1, -0.05) is 0 Å². The molecule has 0 radical (unpaired) electrons. The summed E-state index contributed by atoms with van der Waals surface area (Å²) in [7, 11) is 1.80. The number of urea groups is 1. The molecule has 0 saturated carbocycles. The molecule has 2 aromatic rings. The lowest BCUT2D eigenvalue weighted by molar-refractivity contribution is 0.00710. The Labute approximate surface area is 122 Å². The predicted octanol–water partition coefficient (Wildman–Crippen LogP) is 1.93. The maximum atomic E-state index is 12.4. The first-order valence-electron chi connectivity index (χ1n) is 6.84. The molecule has 7 heteroatoms. The number of aromatic nitrogens is 2. The topological polar surface area (TPSA) is 72.5 Å². The molecule has 1 atom stereocenters. The Hall–Kier alpha value is -2.28. The van der Waals surface area contributed by atoms with Crippen molar-refractivity contribution in [1.82, 2.24) is 14.7 Å². The first kappa shape index (κ1) is 13.7. The summed E-state index contributed by atoms with van der Waals surface area (Å²) < 4.78 is 12.8. The molecule has 0 aliphatic carbocycles. The zero-order valence-electron chi connectivity index (χ0n) is 12.1. The van der Waals surface area contributed by atoms with Crippen molar-refractivity contribution in [2.75, 3.05) is 25.1 Å². The third-order valence-corrected chi connectivity index (χ3v) is 3.44. The number of anilines is 1. The van der Waals surface area contributed by atoms with Gasteiger partial charge in [0.05, 0.1) is 25.1 Å². The van der Waals surface area contributed by atoms with Crippen LogP contribution in [0.25, 0.3) is 0 Å². The summed E-state index contributed by atoms with van der Waals surface area (Å²) in [6.45, 7) is 3.37. The number of nitrogens with one attached hydrogen (secondary N) is 1. The first-order valence-corrected chi connectivity index (χ1v) is 6.84. The number of amides is 2. The Kier molecular flexibility index (Phi) is 3.66. The van der Waals surface area contributed by atoms with Crippen LogP contribution >= 0.6 is 0 Å². The van der Waals surface area contributed by atoms with Crippen molar-refractivity contribution < 1.29 is 13.9 Å². The number of hydrogen-bond acceptors (Lipinski definition) is 4. The lowest BCUT2D eigenvalue weighted by atomic mass is 10.2. The molecule has 2 amide bonds. The molecule has 1 saturated heterocycles. The van der Waals surface area contributed by atoms with Crippen LogP contribution in [0.5, 0.6) is 0 Å². The van der Waals surface area contributed by atoms with E-state index in [9.17, 15) is 4.79 Å². The fraction of sp³-hybridized carbons (Fsp3) is 0.429. The molecule has 3 rings (SSSR count). The third kappa shape index (κ3) is 2.92. The van der Waals surface area contributed by atoms with Crippen molar-refractivity contribution in [3.63, 3.8) is 0 Å². The second-order valence-corrected chi connectivity index (χ2v) is 5.07. The zero-order valence-corrected chi connectivity index (χ0v) is 12.1. The highest BCUT2D eigenvalue weighted by molar-refractivity contribution is 5.89. The van der Waals surface area contributed by atoms with Crippen LogP contribution in [0, 0.1) is 6.92 Å². The van der Waals surface area contributed by atoms with Crippen molar-refractivity contribution in [2.45, 2.75) is 13.0 Å². The predicted molar refractivity (Wildman–Crippen MR) is 75.9 cm³/mol. The van der Waals surface area contributed by atoms with Gasteiger partial charge in [-0.15, -0.1) is 0 Å². The molecule has 0 aromatic carbocycles. The molecule has 1 N–H and O–H groups in total. The van der Waals surface area contributed by atoms with Gasteiger partial charge in [0.1, 0.15) is 17.6 Å². The molecule has 1 aliphatic heterocycles. The van der Waals surface area contributed by atoms with Crippen LogP contribution in [0.2, 0.25) is 0 Å². The number of rotatable bonds is 2.